The zero-order chi connectivity index (χ0) is 22.7. The van der Waals surface area contributed by atoms with Gasteiger partial charge in [-0.05, 0) is 31.4 Å². The van der Waals surface area contributed by atoms with E-state index < -0.39 is 0 Å². The Kier molecular flexibility index (Phi) is 6.27. The first kappa shape index (κ1) is 21.6. The lowest BCUT2D eigenvalue weighted by Gasteiger charge is -2.04. The van der Waals surface area contributed by atoms with Crippen molar-refractivity contribution in [3.05, 3.63) is 58.7 Å². The number of benzene rings is 1. The van der Waals surface area contributed by atoms with Crippen LogP contribution in [-0.2, 0) is 18.3 Å². The Hall–Kier alpha value is -3.59. The maximum absolute atomic E-state index is 12.7. The summed E-state index contributed by atoms with van der Waals surface area (Å²) >= 11 is 1.38. The molecule has 1 aromatic carbocycles. The van der Waals surface area contributed by atoms with Crippen LogP contribution in [0.25, 0.3) is 22.3 Å². The van der Waals surface area contributed by atoms with Gasteiger partial charge in [0.2, 0.25) is 5.91 Å². The SMILES string of the molecule is CC(=O)NCCCc1ccc(-c2csc(NC(=O)c3cnc4c(c3)c(C)nn4C)n2)cc1. The van der Waals surface area contributed by atoms with Gasteiger partial charge in [-0.1, -0.05) is 24.3 Å². The van der Waals surface area contributed by atoms with Crippen molar-refractivity contribution < 1.29 is 9.59 Å². The average Bonchev–Trinajstić information content (AvgIpc) is 3.35. The van der Waals surface area contributed by atoms with Crippen molar-refractivity contribution in [2.75, 3.05) is 11.9 Å². The molecular formula is C23H24N6O2S. The van der Waals surface area contributed by atoms with Gasteiger partial charge in [-0.2, -0.15) is 5.10 Å². The first-order valence-electron chi connectivity index (χ1n) is 10.3. The van der Waals surface area contributed by atoms with Crippen LogP contribution < -0.4 is 10.6 Å². The maximum atomic E-state index is 12.7. The molecule has 0 aliphatic rings. The van der Waals surface area contributed by atoms with Crippen molar-refractivity contribution in [2.45, 2.75) is 26.7 Å². The second-order valence-corrected chi connectivity index (χ2v) is 8.44. The number of carbonyl (C=O) groups is 2. The number of aryl methyl sites for hydroxylation is 3. The predicted octanol–water partition coefficient (Wildman–Crippen LogP) is 3.72. The zero-order valence-electron chi connectivity index (χ0n) is 18.2. The summed E-state index contributed by atoms with van der Waals surface area (Å²) in [6.07, 6.45) is 3.34. The number of amides is 2. The van der Waals surface area contributed by atoms with Crippen LogP contribution in [0.1, 0.15) is 35.0 Å². The smallest absolute Gasteiger partial charge is 0.259 e. The molecule has 2 N–H and O–H groups in total. The largest absolute Gasteiger partial charge is 0.356 e. The first-order valence-corrected chi connectivity index (χ1v) is 11.2. The van der Waals surface area contributed by atoms with E-state index in [9.17, 15) is 9.59 Å². The summed E-state index contributed by atoms with van der Waals surface area (Å²) in [5, 5.41) is 13.3. The highest BCUT2D eigenvalue weighted by molar-refractivity contribution is 7.14. The van der Waals surface area contributed by atoms with Gasteiger partial charge in [0.25, 0.3) is 5.91 Å². The topological polar surface area (TPSA) is 102 Å². The number of carbonyl (C=O) groups excluding carboxylic acids is 2. The molecule has 9 heteroatoms. The van der Waals surface area contributed by atoms with Gasteiger partial charge < -0.3 is 5.32 Å². The Morgan fingerprint density at radius 1 is 1.19 bits per heavy atom. The molecule has 0 fully saturated rings. The Labute approximate surface area is 189 Å². The van der Waals surface area contributed by atoms with E-state index in [1.165, 1.54) is 23.8 Å². The third-order valence-electron chi connectivity index (χ3n) is 5.12. The highest BCUT2D eigenvalue weighted by atomic mass is 32.1. The van der Waals surface area contributed by atoms with E-state index in [0.717, 1.165) is 40.8 Å². The van der Waals surface area contributed by atoms with Crippen LogP contribution >= 0.6 is 11.3 Å². The van der Waals surface area contributed by atoms with Crippen molar-refractivity contribution in [1.82, 2.24) is 25.1 Å². The molecule has 0 aliphatic carbocycles. The van der Waals surface area contributed by atoms with E-state index in [1.54, 1.807) is 16.9 Å². The van der Waals surface area contributed by atoms with Gasteiger partial charge in [0.1, 0.15) is 0 Å². The lowest BCUT2D eigenvalue weighted by molar-refractivity contribution is -0.118. The lowest BCUT2D eigenvalue weighted by Crippen LogP contribution is -2.21. The molecule has 0 bridgehead atoms. The van der Waals surface area contributed by atoms with E-state index in [2.05, 4.69) is 37.8 Å². The number of pyridine rings is 1. The van der Waals surface area contributed by atoms with Crippen LogP contribution in [0.3, 0.4) is 0 Å². The average molecular weight is 449 g/mol. The molecule has 0 unspecified atom stereocenters. The van der Waals surface area contributed by atoms with Gasteiger partial charge in [0, 0.05) is 43.0 Å². The van der Waals surface area contributed by atoms with Gasteiger partial charge in [0.15, 0.2) is 10.8 Å². The van der Waals surface area contributed by atoms with Crippen molar-refractivity contribution in [1.29, 1.82) is 0 Å². The predicted molar refractivity (Wildman–Crippen MR) is 126 cm³/mol. The number of rotatable bonds is 7. The number of hydrogen-bond donors (Lipinski definition) is 2. The molecule has 3 aromatic heterocycles. The first-order chi connectivity index (χ1) is 15.4. The molecule has 0 spiro atoms. The number of thiazole rings is 1. The van der Waals surface area contributed by atoms with Crippen molar-refractivity contribution in [2.24, 2.45) is 7.05 Å². The van der Waals surface area contributed by atoms with E-state index in [4.69, 9.17) is 0 Å². The van der Waals surface area contributed by atoms with Crippen LogP contribution in [0.15, 0.2) is 41.9 Å². The van der Waals surface area contributed by atoms with Crippen LogP contribution in [0.2, 0.25) is 0 Å². The van der Waals surface area contributed by atoms with Crippen LogP contribution in [-0.4, -0.2) is 38.1 Å². The quantitative estimate of drug-likeness (QED) is 0.420. The molecule has 4 rings (SSSR count). The fourth-order valence-corrected chi connectivity index (χ4v) is 4.18. The van der Waals surface area contributed by atoms with Gasteiger partial charge in [-0.3, -0.25) is 19.6 Å². The molecule has 0 saturated heterocycles. The van der Waals surface area contributed by atoms with Gasteiger partial charge in [-0.15, -0.1) is 11.3 Å². The molecule has 0 aliphatic heterocycles. The summed E-state index contributed by atoms with van der Waals surface area (Å²) in [7, 11) is 1.83. The Balaban J connectivity index is 1.40. The van der Waals surface area contributed by atoms with Crippen molar-refractivity contribution in [3.8, 4) is 11.3 Å². The Morgan fingerprint density at radius 3 is 2.72 bits per heavy atom. The molecular weight excluding hydrogens is 424 g/mol. The third kappa shape index (κ3) is 4.83. The highest BCUT2D eigenvalue weighted by Crippen LogP contribution is 2.26. The minimum absolute atomic E-state index is 0.00391. The van der Waals surface area contributed by atoms with Crippen LogP contribution in [0.4, 0.5) is 5.13 Å². The van der Waals surface area contributed by atoms with Crippen molar-refractivity contribution in [3.63, 3.8) is 0 Å². The molecule has 4 aromatic rings. The van der Waals surface area contributed by atoms with Crippen molar-refractivity contribution >= 4 is 39.3 Å². The van der Waals surface area contributed by atoms with Gasteiger partial charge >= 0.3 is 0 Å². The summed E-state index contributed by atoms with van der Waals surface area (Å²) in [6.45, 7) is 4.10. The minimum atomic E-state index is -0.252. The number of nitrogens with zero attached hydrogens (tertiary/aromatic N) is 4. The molecule has 0 radical (unpaired) electrons. The number of aromatic nitrogens is 4. The minimum Gasteiger partial charge on any atom is -0.356 e. The number of hydrogen-bond acceptors (Lipinski definition) is 6. The second-order valence-electron chi connectivity index (χ2n) is 7.58. The second kappa shape index (κ2) is 9.27. The van der Waals surface area contributed by atoms with Crippen LogP contribution in [0.5, 0.6) is 0 Å². The molecule has 0 saturated carbocycles. The normalized spacial score (nSPS) is 11.0. The molecule has 164 valence electrons. The fraction of sp³-hybridized carbons (Fsp3) is 0.261. The summed E-state index contributed by atoms with van der Waals surface area (Å²) < 4.78 is 1.70. The lowest BCUT2D eigenvalue weighted by atomic mass is 10.1. The Morgan fingerprint density at radius 2 is 1.97 bits per heavy atom. The summed E-state index contributed by atoms with van der Waals surface area (Å²) in [4.78, 5) is 32.5. The van der Waals surface area contributed by atoms with Crippen LogP contribution in [0, 0.1) is 6.92 Å². The van der Waals surface area contributed by atoms with Gasteiger partial charge in [0.05, 0.1) is 17.0 Å². The van der Waals surface area contributed by atoms with E-state index >= 15 is 0 Å². The maximum Gasteiger partial charge on any atom is 0.259 e. The number of fused-ring (bicyclic) bond motifs is 1. The van der Waals surface area contributed by atoms with E-state index in [1.807, 2.05) is 31.5 Å². The third-order valence-corrected chi connectivity index (χ3v) is 5.87. The Bertz CT molecular complexity index is 1280. The molecule has 3 heterocycles. The van der Waals surface area contributed by atoms with E-state index in [0.29, 0.717) is 17.2 Å². The van der Waals surface area contributed by atoms with Gasteiger partial charge in [-0.25, -0.2) is 9.97 Å². The summed E-state index contributed by atoms with van der Waals surface area (Å²) in [6, 6.07) is 9.99. The molecule has 8 nitrogen and oxygen atoms in total. The monoisotopic (exact) mass is 448 g/mol. The molecule has 2 amide bonds. The number of nitrogens with one attached hydrogen (secondary N) is 2. The summed E-state index contributed by atoms with van der Waals surface area (Å²) in [5.41, 5.74) is 5.05. The highest BCUT2D eigenvalue weighted by Gasteiger charge is 2.14. The standard InChI is InChI=1S/C23H24N6O2S/c1-14-19-11-18(12-25-21(19)29(3)28-14)22(31)27-23-26-20(13-32-23)17-8-6-16(7-9-17)5-4-10-24-15(2)30/h6-9,11-13H,4-5,10H2,1-3H3,(H,24,30)(H,26,27,31). The molecule has 0 atom stereocenters. The number of anilines is 1. The summed E-state index contributed by atoms with van der Waals surface area (Å²) in [5.74, 6) is -0.256. The molecule has 32 heavy (non-hydrogen) atoms. The van der Waals surface area contributed by atoms with E-state index in [-0.39, 0.29) is 11.8 Å². The zero-order valence-corrected chi connectivity index (χ0v) is 19.0. The fourth-order valence-electron chi connectivity index (χ4n) is 3.46.